The Balaban J connectivity index is 1.20. The molecule has 3 atom stereocenters. The van der Waals surface area contributed by atoms with Gasteiger partial charge in [-0.1, -0.05) is 12.5 Å². The largest absolute Gasteiger partial charge is 0.490 e. The quantitative estimate of drug-likeness (QED) is 0.487. The van der Waals surface area contributed by atoms with Crippen LogP contribution in [-0.2, 0) is 19.6 Å². The minimum Gasteiger partial charge on any atom is -0.490 e. The molecule has 0 spiro atoms. The van der Waals surface area contributed by atoms with Crippen molar-refractivity contribution in [2.75, 3.05) is 44.6 Å². The number of likely N-dealkylation sites (N-methyl/N-ethyl adjacent to an activating group) is 1. The number of rotatable bonds is 8. The molecular weight excluding hydrogens is 551 g/mol. The number of ether oxygens (including phenoxy) is 2. The highest BCUT2D eigenvalue weighted by Gasteiger charge is 2.39. The fourth-order valence-corrected chi connectivity index (χ4v) is 6.84. The molecule has 2 N–H and O–H groups in total. The van der Waals surface area contributed by atoms with E-state index in [-0.39, 0.29) is 53.1 Å². The Morgan fingerprint density at radius 3 is 2.68 bits per heavy atom. The second kappa shape index (κ2) is 12.7. The van der Waals surface area contributed by atoms with Crippen LogP contribution in [0.25, 0.3) is 0 Å². The molecule has 12 heteroatoms. The minimum atomic E-state index is -4.07. The van der Waals surface area contributed by atoms with E-state index < -0.39 is 21.9 Å². The van der Waals surface area contributed by atoms with E-state index in [1.54, 1.807) is 11.9 Å². The van der Waals surface area contributed by atoms with Crippen molar-refractivity contribution in [3.8, 4) is 5.75 Å². The summed E-state index contributed by atoms with van der Waals surface area (Å²) in [5.41, 5.74) is 0.363. The molecule has 2 fully saturated rings. The zero-order valence-electron chi connectivity index (χ0n) is 23.2. The van der Waals surface area contributed by atoms with Crippen LogP contribution < -0.4 is 14.8 Å². The number of anilines is 1. The maximum absolute atomic E-state index is 13.6. The van der Waals surface area contributed by atoms with Gasteiger partial charge in [0.25, 0.3) is 15.9 Å². The molecule has 0 saturated carbocycles. The zero-order valence-corrected chi connectivity index (χ0v) is 24.0. The van der Waals surface area contributed by atoms with Crippen molar-refractivity contribution in [3.63, 3.8) is 0 Å². The highest BCUT2D eigenvalue weighted by atomic mass is 32.2. The number of nitrogens with zero attached hydrogens (tertiary/aromatic N) is 2. The molecule has 0 bridgehead atoms. The molecule has 2 aromatic rings. The van der Waals surface area contributed by atoms with Gasteiger partial charge in [-0.05, 0) is 75.2 Å². The van der Waals surface area contributed by atoms with E-state index in [0.29, 0.717) is 25.1 Å². The molecular formula is C29H37FN4O6S. The molecule has 41 heavy (non-hydrogen) atoms. The Bertz CT molecular complexity index is 1370. The van der Waals surface area contributed by atoms with E-state index in [9.17, 15) is 22.4 Å². The molecule has 2 saturated heterocycles. The predicted molar refractivity (Wildman–Crippen MR) is 151 cm³/mol. The van der Waals surface area contributed by atoms with Crippen LogP contribution in [0, 0.1) is 5.82 Å². The summed E-state index contributed by atoms with van der Waals surface area (Å²) >= 11 is 0. The Labute approximate surface area is 240 Å². The van der Waals surface area contributed by atoms with Crippen LogP contribution in [0.15, 0.2) is 47.4 Å². The summed E-state index contributed by atoms with van der Waals surface area (Å²) in [5.74, 6) is -0.745. The lowest BCUT2D eigenvalue weighted by molar-refractivity contribution is -0.134. The summed E-state index contributed by atoms with van der Waals surface area (Å²) in [6.45, 7) is 3.83. The van der Waals surface area contributed by atoms with E-state index in [4.69, 9.17) is 9.47 Å². The fraction of sp³-hybridized carbons (Fsp3) is 0.517. The summed E-state index contributed by atoms with van der Waals surface area (Å²) < 4.78 is 53.8. The van der Waals surface area contributed by atoms with E-state index in [0.717, 1.165) is 31.8 Å². The van der Waals surface area contributed by atoms with Crippen LogP contribution in [0.5, 0.6) is 5.75 Å². The minimum absolute atomic E-state index is 0.0415. The number of halogens is 1. The molecule has 2 aromatic carbocycles. The Morgan fingerprint density at radius 1 is 1.10 bits per heavy atom. The van der Waals surface area contributed by atoms with E-state index in [1.807, 2.05) is 0 Å². The number of likely N-dealkylation sites (tertiary alicyclic amines) is 1. The number of amides is 2. The second-order valence-electron chi connectivity index (χ2n) is 10.9. The number of nitrogens with one attached hydrogen (secondary N) is 2. The number of piperidine rings is 1. The first-order valence-corrected chi connectivity index (χ1v) is 15.6. The van der Waals surface area contributed by atoms with Gasteiger partial charge in [0.2, 0.25) is 5.91 Å². The first-order valence-electron chi connectivity index (χ1n) is 14.2. The standard InChI is InChI=1S/C29H37FN4O6S/c1-33-25-10-9-22(18-28(35)31-12-15-34-13-3-2-4-14-34)40-27(25)19-39-26-11-8-21(17-24(26)29(33)36)32-41(37,38)23-7-5-6-20(30)16-23/h5-8,11,16-17,22,25,27,32H,2-4,9-10,12-15,18-19H2,1H3,(H,31,35)/t22-,25-,27+/m1/s1. The Kier molecular flexibility index (Phi) is 9.10. The third-order valence-electron chi connectivity index (χ3n) is 7.98. The summed E-state index contributed by atoms with van der Waals surface area (Å²) in [5, 5.41) is 3.01. The third kappa shape index (κ3) is 7.17. The zero-order chi connectivity index (χ0) is 29.0. The van der Waals surface area contributed by atoms with Gasteiger partial charge in [-0.15, -0.1) is 0 Å². The first kappa shape index (κ1) is 29.3. The molecule has 0 aliphatic carbocycles. The molecule has 2 amide bonds. The van der Waals surface area contributed by atoms with Crippen molar-refractivity contribution in [3.05, 3.63) is 53.8 Å². The van der Waals surface area contributed by atoms with E-state index in [2.05, 4.69) is 14.9 Å². The summed E-state index contributed by atoms with van der Waals surface area (Å²) in [6, 6.07) is 8.86. The van der Waals surface area contributed by atoms with Crippen molar-refractivity contribution in [1.82, 2.24) is 15.1 Å². The number of benzene rings is 2. The number of carbonyl (C=O) groups is 2. The molecule has 3 heterocycles. The summed E-state index contributed by atoms with van der Waals surface area (Å²) in [7, 11) is -2.38. The number of carbonyl (C=O) groups excluding carboxylic acids is 2. The van der Waals surface area contributed by atoms with Gasteiger partial charge in [0, 0.05) is 25.8 Å². The lowest BCUT2D eigenvalue weighted by atomic mass is 9.94. The van der Waals surface area contributed by atoms with Gasteiger partial charge in [-0.25, -0.2) is 12.8 Å². The van der Waals surface area contributed by atoms with Crippen molar-refractivity contribution in [2.24, 2.45) is 0 Å². The van der Waals surface area contributed by atoms with Crippen LogP contribution in [0.3, 0.4) is 0 Å². The second-order valence-corrected chi connectivity index (χ2v) is 12.6. The van der Waals surface area contributed by atoms with Crippen LogP contribution in [0.1, 0.15) is 48.9 Å². The van der Waals surface area contributed by atoms with Crippen molar-refractivity contribution < 1.29 is 31.9 Å². The highest BCUT2D eigenvalue weighted by molar-refractivity contribution is 7.92. The van der Waals surface area contributed by atoms with E-state index >= 15 is 0 Å². The van der Waals surface area contributed by atoms with Gasteiger partial charge in [0.1, 0.15) is 24.3 Å². The number of fused-ring (bicyclic) bond motifs is 2. The SMILES string of the molecule is CN1C(=O)c2cc(NS(=O)(=O)c3cccc(F)c3)ccc2OC[C@@H]2O[C@@H](CC(=O)NCCN3CCCCC3)CC[C@H]21. The molecule has 3 aliphatic rings. The molecule has 5 rings (SSSR count). The van der Waals surface area contributed by atoms with E-state index in [1.165, 1.54) is 49.6 Å². The van der Waals surface area contributed by atoms with Gasteiger partial charge in [0.15, 0.2) is 0 Å². The van der Waals surface area contributed by atoms with Crippen LogP contribution in [0.4, 0.5) is 10.1 Å². The van der Waals surface area contributed by atoms with Gasteiger partial charge >= 0.3 is 0 Å². The maximum Gasteiger partial charge on any atom is 0.261 e. The molecule has 3 aliphatic heterocycles. The summed E-state index contributed by atoms with van der Waals surface area (Å²) in [6.07, 6.45) is 4.55. The predicted octanol–water partition coefficient (Wildman–Crippen LogP) is 3.00. The fourth-order valence-electron chi connectivity index (χ4n) is 5.75. The summed E-state index contributed by atoms with van der Waals surface area (Å²) in [4.78, 5) is 29.8. The third-order valence-corrected chi connectivity index (χ3v) is 9.36. The van der Waals surface area contributed by atoms with Crippen LogP contribution in [-0.4, -0.2) is 88.1 Å². The van der Waals surface area contributed by atoms with Gasteiger partial charge in [-0.2, -0.15) is 0 Å². The smallest absolute Gasteiger partial charge is 0.261 e. The Morgan fingerprint density at radius 2 is 1.90 bits per heavy atom. The van der Waals surface area contributed by atoms with Crippen molar-refractivity contribution >= 4 is 27.5 Å². The number of hydrogen-bond donors (Lipinski definition) is 2. The van der Waals surface area contributed by atoms with Crippen molar-refractivity contribution in [2.45, 2.75) is 61.7 Å². The van der Waals surface area contributed by atoms with Gasteiger partial charge in [-0.3, -0.25) is 14.3 Å². The topological polar surface area (TPSA) is 117 Å². The number of sulfonamides is 1. The van der Waals surface area contributed by atoms with Gasteiger partial charge in [0.05, 0.1) is 29.0 Å². The van der Waals surface area contributed by atoms with Crippen LogP contribution >= 0.6 is 0 Å². The molecule has 0 radical (unpaired) electrons. The highest BCUT2D eigenvalue weighted by Crippen LogP contribution is 2.33. The molecule has 222 valence electrons. The average molecular weight is 589 g/mol. The van der Waals surface area contributed by atoms with Crippen LogP contribution in [0.2, 0.25) is 0 Å². The lowest BCUT2D eigenvalue weighted by Gasteiger charge is -2.42. The van der Waals surface area contributed by atoms with Gasteiger partial charge < -0.3 is 24.6 Å². The maximum atomic E-state index is 13.6. The van der Waals surface area contributed by atoms with Crippen molar-refractivity contribution in [1.29, 1.82) is 0 Å². The normalized spacial score (nSPS) is 23.4. The monoisotopic (exact) mass is 588 g/mol. The average Bonchev–Trinajstić information content (AvgIpc) is 2.95. The number of hydrogen-bond acceptors (Lipinski definition) is 7. The molecule has 10 nitrogen and oxygen atoms in total. The molecule has 0 unspecified atom stereocenters. The lowest BCUT2D eigenvalue weighted by Crippen LogP contribution is -2.54. The molecule has 0 aromatic heterocycles. The Hall–Kier alpha value is -3.22. The first-order chi connectivity index (χ1) is 19.7.